The number of aromatic amines is 1. The topological polar surface area (TPSA) is 75.4 Å². The van der Waals surface area contributed by atoms with Gasteiger partial charge in [0.15, 0.2) is 11.5 Å². The van der Waals surface area contributed by atoms with E-state index in [9.17, 15) is 9.18 Å². The quantitative estimate of drug-likeness (QED) is 0.275. The first-order valence-corrected chi connectivity index (χ1v) is 11.5. The first-order chi connectivity index (χ1) is 16.5. The monoisotopic (exact) mass is 525 g/mol. The number of aromatic nitrogens is 1. The average Bonchev–Trinajstić information content (AvgIpc) is 3.27. The molecule has 6 nitrogen and oxygen atoms in total. The summed E-state index contributed by atoms with van der Waals surface area (Å²) in [5, 5.41) is 6.71. The van der Waals surface area contributed by atoms with Crippen molar-refractivity contribution in [1.82, 2.24) is 15.6 Å². The van der Waals surface area contributed by atoms with Gasteiger partial charge in [-0.25, -0.2) is 9.18 Å². The summed E-state index contributed by atoms with van der Waals surface area (Å²) in [7, 11) is 3.19. The fraction of sp³-hybridized carbons (Fsp3) is 0.192. The predicted molar refractivity (Wildman–Crippen MR) is 134 cm³/mol. The van der Waals surface area contributed by atoms with Crippen LogP contribution in [-0.2, 0) is 6.54 Å². The van der Waals surface area contributed by atoms with Crippen LogP contribution in [-0.4, -0.2) is 31.8 Å². The molecule has 1 unspecified atom stereocenters. The maximum Gasteiger partial charge on any atom is 0.315 e. The van der Waals surface area contributed by atoms with E-state index in [1.807, 2.05) is 48.7 Å². The molecule has 1 aromatic heterocycles. The van der Waals surface area contributed by atoms with Crippen LogP contribution in [0.3, 0.4) is 0 Å². The summed E-state index contributed by atoms with van der Waals surface area (Å²) in [6, 6.07) is 18.0. The van der Waals surface area contributed by atoms with Crippen LogP contribution >= 0.6 is 15.9 Å². The van der Waals surface area contributed by atoms with Crippen LogP contribution < -0.4 is 20.1 Å². The first-order valence-electron chi connectivity index (χ1n) is 10.7. The van der Waals surface area contributed by atoms with Crippen molar-refractivity contribution in [2.24, 2.45) is 0 Å². The van der Waals surface area contributed by atoms with E-state index in [-0.39, 0.29) is 18.3 Å². The summed E-state index contributed by atoms with van der Waals surface area (Å²) >= 11 is 3.24. The molecule has 0 saturated carbocycles. The third kappa shape index (κ3) is 5.02. The number of para-hydroxylation sites is 2. The Labute approximate surface area is 205 Å². The third-order valence-corrected chi connectivity index (χ3v) is 6.22. The van der Waals surface area contributed by atoms with Crippen LogP contribution in [0.15, 0.2) is 71.3 Å². The molecule has 0 bridgehead atoms. The zero-order valence-corrected chi connectivity index (χ0v) is 20.4. The molecule has 0 aliphatic carbocycles. The number of hydrogen-bond donors (Lipinski definition) is 3. The lowest BCUT2D eigenvalue weighted by molar-refractivity contribution is 0.240. The SMILES string of the molecule is COc1cccc(C(CNC(=O)NCc2ccc(Br)cc2F)c2c[nH]c3ccccc23)c1OC. The van der Waals surface area contributed by atoms with Crippen molar-refractivity contribution in [1.29, 1.82) is 0 Å². The molecule has 3 N–H and O–H groups in total. The number of urea groups is 1. The van der Waals surface area contributed by atoms with E-state index in [0.717, 1.165) is 22.0 Å². The summed E-state index contributed by atoms with van der Waals surface area (Å²) in [6.45, 7) is 0.366. The molecule has 0 saturated heterocycles. The number of benzene rings is 3. The van der Waals surface area contributed by atoms with Gasteiger partial charge in [0.1, 0.15) is 5.82 Å². The largest absolute Gasteiger partial charge is 0.493 e. The van der Waals surface area contributed by atoms with Gasteiger partial charge in [-0.2, -0.15) is 0 Å². The number of hydrogen-bond acceptors (Lipinski definition) is 3. The number of carbonyl (C=O) groups is 1. The number of H-pyrrole nitrogens is 1. The maximum absolute atomic E-state index is 14.1. The molecule has 2 amide bonds. The molecule has 0 fully saturated rings. The van der Waals surface area contributed by atoms with Gasteiger partial charge in [-0.3, -0.25) is 0 Å². The van der Waals surface area contributed by atoms with Gasteiger partial charge in [0.05, 0.1) is 14.2 Å². The highest BCUT2D eigenvalue weighted by Crippen LogP contribution is 2.40. The minimum absolute atomic E-state index is 0.0746. The van der Waals surface area contributed by atoms with E-state index < -0.39 is 6.03 Å². The molecule has 4 aromatic rings. The van der Waals surface area contributed by atoms with Gasteiger partial charge < -0.3 is 25.1 Å². The molecule has 176 valence electrons. The summed E-state index contributed by atoms with van der Waals surface area (Å²) in [5.74, 6) is 0.614. The van der Waals surface area contributed by atoms with Gasteiger partial charge in [-0.15, -0.1) is 0 Å². The number of ether oxygens (including phenoxy) is 2. The molecular weight excluding hydrogens is 501 g/mol. The molecule has 0 spiro atoms. The average molecular weight is 526 g/mol. The second-order valence-electron chi connectivity index (χ2n) is 7.72. The lowest BCUT2D eigenvalue weighted by Crippen LogP contribution is -2.37. The van der Waals surface area contributed by atoms with Gasteiger partial charge in [-0.1, -0.05) is 52.3 Å². The molecule has 0 radical (unpaired) electrons. The number of carbonyl (C=O) groups excluding carboxylic acids is 1. The highest BCUT2D eigenvalue weighted by atomic mass is 79.9. The van der Waals surface area contributed by atoms with Gasteiger partial charge in [0.2, 0.25) is 0 Å². The normalized spacial score (nSPS) is 11.8. The van der Waals surface area contributed by atoms with Crippen LogP contribution in [0.2, 0.25) is 0 Å². The van der Waals surface area contributed by atoms with Gasteiger partial charge in [0, 0.05) is 51.7 Å². The fourth-order valence-corrected chi connectivity index (χ4v) is 4.39. The predicted octanol–water partition coefficient (Wildman–Crippen LogP) is 5.72. The zero-order valence-electron chi connectivity index (χ0n) is 18.8. The van der Waals surface area contributed by atoms with E-state index in [0.29, 0.717) is 28.1 Å². The highest BCUT2D eigenvalue weighted by Gasteiger charge is 2.24. The molecule has 0 aliphatic rings. The molecule has 4 rings (SSSR count). The Morgan fingerprint density at radius 2 is 1.85 bits per heavy atom. The molecule has 8 heteroatoms. The molecule has 3 aromatic carbocycles. The van der Waals surface area contributed by atoms with Crippen molar-refractivity contribution in [3.05, 3.63) is 93.8 Å². The van der Waals surface area contributed by atoms with Gasteiger partial charge in [0.25, 0.3) is 0 Å². The van der Waals surface area contributed by atoms with Crippen LogP contribution in [0.1, 0.15) is 22.6 Å². The van der Waals surface area contributed by atoms with Crippen LogP contribution in [0.5, 0.6) is 11.5 Å². The van der Waals surface area contributed by atoms with Crippen molar-refractivity contribution < 1.29 is 18.7 Å². The second kappa shape index (κ2) is 10.6. The molecule has 0 aliphatic heterocycles. The lowest BCUT2D eigenvalue weighted by Gasteiger charge is -2.22. The van der Waals surface area contributed by atoms with Crippen molar-refractivity contribution in [3.63, 3.8) is 0 Å². The number of nitrogens with one attached hydrogen (secondary N) is 3. The third-order valence-electron chi connectivity index (χ3n) is 5.73. The van der Waals surface area contributed by atoms with E-state index in [4.69, 9.17) is 9.47 Å². The Kier molecular flexibility index (Phi) is 7.37. The van der Waals surface area contributed by atoms with Crippen LogP contribution in [0.4, 0.5) is 9.18 Å². The zero-order chi connectivity index (χ0) is 24.1. The Balaban J connectivity index is 1.59. The Morgan fingerprint density at radius 1 is 1.03 bits per heavy atom. The smallest absolute Gasteiger partial charge is 0.315 e. The summed E-state index contributed by atoms with van der Waals surface area (Å²) < 4.78 is 25.9. The minimum atomic E-state index is -0.394. The maximum atomic E-state index is 14.1. The van der Waals surface area contributed by atoms with Crippen molar-refractivity contribution in [2.45, 2.75) is 12.5 Å². The van der Waals surface area contributed by atoms with Crippen LogP contribution in [0.25, 0.3) is 10.9 Å². The fourth-order valence-electron chi connectivity index (χ4n) is 4.05. The van der Waals surface area contributed by atoms with Gasteiger partial charge in [-0.05, 0) is 29.8 Å². The lowest BCUT2D eigenvalue weighted by atomic mass is 9.90. The number of fused-ring (bicyclic) bond motifs is 1. The number of rotatable bonds is 8. The number of methoxy groups -OCH3 is 2. The van der Waals surface area contributed by atoms with Crippen molar-refractivity contribution in [2.75, 3.05) is 20.8 Å². The minimum Gasteiger partial charge on any atom is -0.493 e. The summed E-state index contributed by atoms with van der Waals surface area (Å²) in [6.07, 6.45) is 1.95. The molecule has 1 heterocycles. The standard InChI is InChI=1S/C26H25BrFN3O3/c1-33-24-9-5-7-19(25(24)34-2)21(20-14-29-23-8-4-3-6-18(20)23)15-31-26(32)30-13-16-10-11-17(27)12-22(16)28/h3-12,14,21,29H,13,15H2,1-2H3,(H2,30,31,32). The molecule has 1 atom stereocenters. The summed E-state index contributed by atoms with van der Waals surface area (Å²) in [4.78, 5) is 15.9. The van der Waals surface area contributed by atoms with Crippen LogP contribution in [0, 0.1) is 5.82 Å². The highest BCUT2D eigenvalue weighted by molar-refractivity contribution is 9.10. The Hall–Kier alpha value is -3.52. The molecule has 34 heavy (non-hydrogen) atoms. The van der Waals surface area contributed by atoms with E-state index in [1.165, 1.54) is 6.07 Å². The Morgan fingerprint density at radius 3 is 2.62 bits per heavy atom. The van der Waals surface area contributed by atoms with Crippen molar-refractivity contribution >= 4 is 32.9 Å². The van der Waals surface area contributed by atoms with E-state index in [1.54, 1.807) is 26.4 Å². The molecular formula is C26H25BrFN3O3. The van der Waals surface area contributed by atoms with Gasteiger partial charge >= 0.3 is 6.03 Å². The summed E-state index contributed by atoms with van der Waals surface area (Å²) in [5.41, 5.74) is 3.30. The van der Waals surface area contributed by atoms with E-state index in [2.05, 4.69) is 31.5 Å². The number of halogens is 2. The number of amides is 2. The van der Waals surface area contributed by atoms with E-state index >= 15 is 0 Å². The first kappa shape index (κ1) is 23.6. The van der Waals surface area contributed by atoms with Crippen molar-refractivity contribution in [3.8, 4) is 11.5 Å². The Bertz CT molecular complexity index is 1310. The second-order valence-corrected chi connectivity index (χ2v) is 8.64.